The van der Waals surface area contributed by atoms with E-state index in [1.54, 1.807) is 30.3 Å². The molecule has 1 aromatic carbocycles. The van der Waals surface area contributed by atoms with Crippen molar-refractivity contribution in [3.8, 4) is 11.3 Å². The minimum Gasteiger partial charge on any atom is -0.304 e. The number of imidazole rings is 1. The number of pyridine rings is 1. The molecule has 0 fully saturated rings. The van der Waals surface area contributed by atoms with Crippen LogP contribution >= 0.6 is 0 Å². The molecule has 21 heavy (non-hydrogen) atoms. The molecule has 0 atom stereocenters. The largest absolute Gasteiger partial charge is 0.418 e. The molecule has 3 aromatic rings. The van der Waals surface area contributed by atoms with Crippen LogP contribution in [0.2, 0.25) is 0 Å². The van der Waals surface area contributed by atoms with Crippen LogP contribution in [-0.4, -0.2) is 14.5 Å². The highest BCUT2D eigenvalue weighted by molar-refractivity contribution is 5.80. The van der Waals surface area contributed by atoms with Gasteiger partial charge in [0, 0.05) is 12.6 Å². The zero-order valence-corrected chi connectivity index (χ0v) is 10.9. The fourth-order valence-electron chi connectivity index (χ4n) is 2.16. The highest BCUT2D eigenvalue weighted by atomic mass is 19.4. The van der Waals surface area contributed by atoms with Crippen molar-refractivity contribution in [2.24, 2.45) is 7.05 Å². The molecular weight excluding hydrogens is 283 g/mol. The summed E-state index contributed by atoms with van der Waals surface area (Å²) in [6, 6.07) is 9.47. The van der Waals surface area contributed by atoms with Crippen LogP contribution in [-0.2, 0) is 13.2 Å². The summed E-state index contributed by atoms with van der Waals surface area (Å²) in [7, 11) is 1.38. The van der Waals surface area contributed by atoms with Crippen LogP contribution in [0.4, 0.5) is 13.2 Å². The lowest BCUT2D eigenvalue weighted by atomic mass is 10.1. The number of H-pyrrole nitrogens is 1. The van der Waals surface area contributed by atoms with Gasteiger partial charge in [0.1, 0.15) is 0 Å². The number of aromatic nitrogens is 3. The molecule has 7 heteroatoms. The SMILES string of the molecule is Cn1c(=O)[nH]c2c(C(F)(F)F)cc(-c3ccccc3)nc21. The van der Waals surface area contributed by atoms with Crippen LogP contribution in [0.5, 0.6) is 0 Å². The summed E-state index contributed by atoms with van der Waals surface area (Å²) in [5, 5.41) is 0. The Morgan fingerprint density at radius 1 is 1.19 bits per heavy atom. The summed E-state index contributed by atoms with van der Waals surface area (Å²) >= 11 is 0. The van der Waals surface area contributed by atoms with Crippen molar-refractivity contribution >= 4 is 11.2 Å². The third-order valence-electron chi connectivity index (χ3n) is 3.23. The van der Waals surface area contributed by atoms with Gasteiger partial charge in [0.2, 0.25) is 0 Å². The molecule has 0 saturated heterocycles. The molecule has 0 amide bonds. The average Bonchev–Trinajstić information content (AvgIpc) is 2.73. The first-order valence-corrected chi connectivity index (χ1v) is 6.10. The Bertz CT molecular complexity index is 863. The Kier molecular flexibility index (Phi) is 2.86. The first kappa shape index (κ1) is 13.4. The first-order valence-electron chi connectivity index (χ1n) is 6.10. The van der Waals surface area contributed by atoms with Crippen molar-refractivity contribution in [3.63, 3.8) is 0 Å². The molecule has 0 saturated carbocycles. The third kappa shape index (κ3) is 2.20. The smallest absolute Gasteiger partial charge is 0.304 e. The van der Waals surface area contributed by atoms with Gasteiger partial charge in [0.25, 0.3) is 0 Å². The van der Waals surface area contributed by atoms with Gasteiger partial charge in [-0.15, -0.1) is 0 Å². The Labute approximate surface area is 116 Å². The summed E-state index contributed by atoms with van der Waals surface area (Å²) < 4.78 is 40.7. The van der Waals surface area contributed by atoms with Crippen LogP contribution in [0.25, 0.3) is 22.4 Å². The molecule has 0 aliphatic heterocycles. The van der Waals surface area contributed by atoms with E-state index in [1.807, 2.05) is 0 Å². The van der Waals surface area contributed by atoms with Crippen molar-refractivity contribution in [1.29, 1.82) is 0 Å². The Morgan fingerprint density at radius 2 is 1.86 bits per heavy atom. The van der Waals surface area contributed by atoms with Gasteiger partial charge in [-0.25, -0.2) is 9.78 Å². The zero-order chi connectivity index (χ0) is 15.2. The number of fused-ring (bicyclic) bond motifs is 1. The monoisotopic (exact) mass is 293 g/mol. The lowest BCUT2D eigenvalue weighted by Crippen LogP contribution is -2.12. The molecule has 0 spiro atoms. The van der Waals surface area contributed by atoms with Gasteiger partial charge in [-0.3, -0.25) is 4.57 Å². The number of hydrogen-bond donors (Lipinski definition) is 1. The van der Waals surface area contributed by atoms with E-state index in [4.69, 9.17) is 0 Å². The second-order valence-electron chi connectivity index (χ2n) is 4.61. The fraction of sp³-hybridized carbons (Fsp3) is 0.143. The molecule has 0 radical (unpaired) electrons. The normalized spacial score (nSPS) is 12.0. The minimum atomic E-state index is -4.57. The number of alkyl halides is 3. The summed E-state index contributed by atoms with van der Waals surface area (Å²) in [5.41, 5.74) is -1.12. The van der Waals surface area contributed by atoms with Crippen LogP contribution in [0.1, 0.15) is 5.56 Å². The summed E-state index contributed by atoms with van der Waals surface area (Å²) in [5.74, 6) is 0. The number of nitrogens with one attached hydrogen (secondary N) is 1. The van der Waals surface area contributed by atoms with Crippen LogP contribution < -0.4 is 5.69 Å². The molecule has 2 heterocycles. The lowest BCUT2D eigenvalue weighted by Gasteiger charge is -2.10. The molecule has 0 bridgehead atoms. The van der Waals surface area contributed by atoms with E-state index < -0.39 is 17.4 Å². The van der Waals surface area contributed by atoms with Crippen molar-refractivity contribution in [3.05, 3.63) is 52.4 Å². The van der Waals surface area contributed by atoms with Crippen molar-refractivity contribution < 1.29 is 13.2 Å². The van der Waals surface area contributed by atoms with E-state index in [0.29, 0.717) is 5.56 Å². The van der Waals surface area contributed by atoms with E-state index in [9.17, 15) is 18.0 Å². The zero-order valence-electron chi connectivity index (χ0n) is 10.9. The summed E-state index contributed by atoms with van der Waals surface area (Å²) in [6.07, 6.45) is -4.57. The summed E-state index contributed by atoms with van der Waals surface area (Å²) in [6.45, 7) is 0. The number of aryl methyl sites for hydroxylation is 1. The Balaban J connectivity index is 2.39. The van der Waals surface area contributed by atoms with Gasteiger partial charge in [-0.2, -0.15) is 13.2 Å². The van der Waals surface area contributed by atoms with Gasteiger partial charge in [-0.1, -0.05) is 30.3 Å². The molecule has 3 rings (SSSR count). The summed E-state index contributed by atoms with van der Waals surface area (Å²) in [4.78, 5) is 17.9. The Hall–Kier alpha value is -2.57. The van der Waals surface area contributed by atoms with E-state index in [0.717, 1.165) is 10.6 Å². The molecule has 0 aliphatic carbocycles. The molecule has 0 aliphatic rings. The standard InChI is InChI=1S/C14H10F3N3O/c1-20-12-11(19-13(20)21)9(14(15,16)17)7-10(18-12)8-5-3-2-4-6-8/h2-7H,1H3,(H,19,21). The number of rotatable bonds is 1. The maximum absolute atomic E-state index is 13.2. The average molecular weight is 293 g/mol. The number of nitrogens with zero attached hydrogens (tertiary/aromatic N) is 2. The molecule has 1 N–H and O–H groups in total. The van der Waals surface area contributed by atoms with E-state index in [2.05, 4.69) is 9.97 Å². The maximum Gasteiger partial charge on any atom is 0.418 e. The quantitative estimate of drug-likeness (QED) is 0.750. The predicted octanol–water partition coefficient (Wildman–Crippen LogP) is 2.95. The topological polar surface area (TPSA) is 50.7 Å². The van der Waals surface area contributed by atoms with Crippen molar-refractivity contribution in [2.75, 3.05) is 0 Å². The van der Waals surface area contributed by atoms with Gasteiger partial charge in [0.05, 0.1) is 16.8 Å². The van der Waals surface area contributed by atoms with Gasteiger partial charge < -0.3 is 4.98 Å². The molecule has 4 nitrogen and oxygen atoms in total. The van der Waals surface area contributed by atoms with Gasteiger partial charge in [-0.05, 0) is 6.07 Å². The third-order valence-corrected chi connectivity index (χ3v) is 3.23. The molecule has 2 aromatic heterocycles. The number of hydrogen-bond acceptors (Lipinski definition) is 2. The Morgan fingerprint density at radius 3 is 2.48 bits per heavy atom. The number of halogens is 3. The second kappa shape index (κ2) is 4.47. The second-order valence-corrected chi connectivity index (χ2v) is 4.61. The van der Waals surface area contributed by atoms with Gasteiger partial charge in [0.15, 0.2) is 5.65 Å². The molecule has 0 unspecified atom stereocenters. The van der Waals surface area contributed by atoms with Crippen LogP contribution in [0.3, 0.4) is 0 Å². The van der Waals surface area contributed by atoms with E-state index in [-0.39, 0.29) is 16.9 Å². The van der Waals surface area contributed by atoms with E-state index >= 15 is 0 Å². The fourth-order valence-corrected chi connectivity index (χ4v) is 2.16. The van der Waals surface area contributed by atoms with Crippen molar-refractivity contribution in [1.82, 2.24) is 14.5 Å². The van der Waals surface area contributed by atoms with Crippen molar-refractivity contribution in [2.45, 2.75) is 6.18 Å². The van der Waals surface area contributed by atoms with Crippen LogP contribution in [0.15, 0.2) is 41.2 Å². The van der Waals surface area contributed by atoms with Gasteiger partial charge >= 0.3 is 11.9 Å². The minimum absolute atomic E-state index is 0.0197. The van der Waals surface area contributed by atoms with E-state index in [1.165, 1.54) is 7.05 Å². The number of aromatic amines is 1. The molecular formula is C14H10F3N3O. The van der Waals surface area contributed by atoms with Crippen LogP contribution in [0, 0.1) is 0 Å². The first-order chi connectivity index (χ1) is 9.88. The lowest BCUT2D eigenvalue weighted by molar-refractivity contribution is -0.136. The highest BCUT2D eigenvalue weighted by Crippen LogP contribution is 2.35. The predicted molar refractivity (Wildman–Crippen MR) is 71.8 cm³/mol. The molecule has 108 valence electrons. The maximum atomic E-state index is 13.2. The number of benzene rings is 1. The highest BCUT2D eigenvalue weighted by Gasteiger charge is 2.35.